The molecule has 1 aliphatic rings. The van der Waals surface area contributed by atoms with E-state index in [1.807, 2.05) is 35.7 Å². The average Bonchev–Trinajstić information content (AvgIpc) is 3.49. The molecular formula is C27H22N4O4S. The Morgan fingerprint density at radius 1 is 1.00 bits per heavy atom. The van der Waals surface area contributed by atoms with Crippen LogP contribution < -0.4 is 5.32 Å². The van der Waals surface area contributed by atoms with Gasteiger partial charge in [0.1, 0.15) is 5.01 Å². The van der Waals surface area contributed by atoms with Crippen LogP contribution in [0.5, 0.6) is 0 Å². The van der Waals surface area contributed by atoms with Gasteiger partial charge in [0, 0.05) is 60.4 Å². The van der Waals surface area contributed by atoms with Gasteiger partial charge >= 0.3 is 0 Å². The molecule has 36 heavy (non-hydrogen) atoms. The van der Waals surface area contributed by atoms with Gasteiger partial charge in [-0.05, 0) is 48.9 Å². The minimum absolute atomic E-state index is 0.241. The summed E-state index contributed by atoms with van der Waals surface area (Å²) in [4.78, 5) is 48.3. The molecule has 4 aromatic rings. The first-order chi connectivity index (χ1) is 17.5. The zero-order valence-electron chi connectivity index (χ0n) is 19.4. The van der Waals surface area contributed by atoms with Crippen LogP contribution in [0.1, 0.15) is 37.5 Å². The third-order valence-corrected chi connectivity index (χ3v) is 6.70. The quantitative estimate of drug-likeness (QED) is 0.278. The Balaban J connectivity index is 1.32. The van der Waals surface area contributed by atoms with Crippen LogP contribution in [0.3, 0.4) is 0 Å². The SMILES string of the molecule is COCCCN1C(=O)c2ccc(C(=O)Nc3cccc(-c4csc(-c5ccncc5)n4)c3)cc2C1=O. The number of carbonyl (C=O) groups excluding carboxylic acids is 3. The van der Waals surface area contributed by atoms with Crippen molar-refractivity contribution in [2.24, 2.45) is 0 Å². The van der Waals surface area contributed by atoms with E-state index in [9.17, 15) is 14.4 Å². The van der Waals surface area contributed by atoms with Crippen LogP contribution in [0.15, 0.2) is 72.4 Å². The zero-order valence-corrected chi connectivity index (χ0v) is 20.2. The number of hydrogen-bond donors (Lipinski definition) is 1. The summed E-state index contributed by atoms with van der Waals surface area (Å²) >= 11 is 1.54. The van der Waals surface area contributed by atoms with E-state index in [2.05, 4.69) is 10.3 Å². The number of ether oxygens (including phenoxy) is 1. The highest BCUT2D eigenvalue weighted by atomic mass is 32.1. The lowest BCUT2D eigenvalue weighted by Crippen LogP contribution is -2.31. The summed E-state index contributed by atoms with van der Waals surface area (Å²) in [6, 6.07) is 15.8. The van der Waals surface area contributed by atoms with Gasteiger partial charge in [-0.25, -0.2) is 4.98 Å². The second-order valence-electron chi connectivity index (χ2n) is 8.18. The molecule has 0 atom stereocenters. The van der Waals surface area contributed by atoms with Gasteiger partial charge in [0.15, 0.2) is 0 Å². The van der Waals surface area contributed by atoms with Gasteiger partial charge in [0.2, 0.25) is 0 Å². The number of rotatable bonds is 8. The van der Waals surface area contributed by atoms with Crippen molar-refractivity contribution in [3.8, 4) is 21.8 Å². The number of nitrogens with one attached hydrogen (secondary N) is 1. The molecule has 0 fully saturated rings. The fourth-order valence-corrected chi connectivity index (χ4v) is 4.83. The molecule has 5 rings (SSSR count). The maximum Gasteiger partial charge on any atom is 0.261 e. The molecule has 0 saturated carbocycles. The Morgan fingerprint density at radius 2 is 1.81 bits per heavy atom. The number of benzene rings is 2. The molecule has 8 nitrogen and oxygen atoms in total. The second kappa shape index (κ2) is 10.2. The molecular weight excluding hydrogens is 476 g/mol. The van der Waals surface area contributed by atoms with E-state index < -0.39 is 5.91 Å². The van der Waals surface area contributed by atoms with E-state index in [4.69, 9.17) is 9.72 Å². The largest absolute Gasteiger partial charge is 0.385 e. The highest BCUT2D eigenvalue weighted by molar-refractivity contribution is 7.13. The summed E-state index contributed by atoms with van der Waals surface area (Å²) in [5.74, 6) is -1.11. The minimum Gasteiger partial charge on any atom is -0.385 e. The summed E-state index contributed by atoms with van der Waals surface area (Å²) in [6.07, 6.45) is 4.01. The van der Waals surface area contributed by atoms with E-state index in [0.29, 0.717) is 29.8 Å². The normalized spacial score (nSPS) is 12.6. The van der Waals surface area contributed by atoms with Crippen molar-refractivity contribution in [2.45, 2.75) is 6.42 Å². The van der Waals surface area contributed by atoms with Crippen LogP contribution in [0.2, 0.25) is 0 Å². The average molecular weight is 499 g/mol. The van der Waals surface area contributed by atoms with Crippen LogP contribution in [0.4, 0.5) is 5.69 Å². The smallest absolute Gasteiger partial charge is 0.261 e. The van der Waals surface area contributed by atoms with Gasteiger partial charge in [0.25, 0.3) is 17.7 Å². The lowest BCUT2D eigenvalue weighted by molar-refractivity contribution is 0.0638. The van der Waals surface area contributed by atoms with Gasteiger partial charge in [0.05, 0.1) is 16.8 Å². The number of imide groups is 1. The van der Waals surface area contributed by atoms with Crippen LogP contribution >= 0.6 is 11.3 Å². The molecule has 0 saturated heterocycles. The predicted molar refractivity (Wildman–Crippen MR) is 137 cm³/mol. The molecule has 3 heterocycles. The van der Waals surface area contributed by atoms with Crippen molar-refractivity contribution < 1.29 is 19.1 Å². The van der Waals surface area contributed by atoms with Crippen LogP contribution in [0, 0.1) is 0 Å². The maximum absolute atomic E-state index is 13.0. The third kappa shape index (κ3) is 4.66. The topological polar surface area (TPSA) is 101 Å². The molecule has 0 bridgehead atoms. The first kappa shape index (κ1) is 23.5. The van der Waals surface area contributed by atoms with Gasteiger partial charge in [-0.3, -0.25) is 24.3 Å². The number of anilines is 1. The van der Waals surface area contributed by atoms with E-state index in [1.54, 1.807) is 31.6 Å². The summed E-state index contributed by atoms with van der Waals surface area (Å²) in [5, 5.41) is 5.73. The van der Waals surface area contributed by atoms with E-state index >= 15 is 0 Å². The Bertz CT molecular complexity index is 1450. The van der Waals surface area contributed by atoms with Gasteiger partial charge < -0.3 is 10.1 Å². The second-order valence-corrected chi connectivity index (χ2v) is 9.04. The van der Waals surface area contributed by atoms with Crippen molar-refractivity contribution in [1.29, 1.82) is 0 Å². The number of fused-ring (bicyclic) bond motifs is 1. The molecule has 2 aromatic carbocycles. The van der Waals surface area contributed by atoms with E-state index in [0.717, 1.165) is 21.8 Å². The zero-order chi connectivity index (χ0) is 25.1. The molecule has 0 radical (unpaired) electrons. The number of methoxy groups -OCH3 is 1. The molecule has 0 unspecified atom stereocenters. The van der Waals surface area contributed by atoms with Crippen LogP contribution in [-0.4, -0.2) is 52.9 Å². The molecule has 1 N–H and O–H groups in total. The number of thiazole rings is 1. The van der Waals surface area contributed by atoms with Crippen molar-refractivity contribution in [2.75, 3.05) is 25.6 Å². The Hall–Kier alpha value is -4.21. The van der Waals surface area contributed by atoms with Crippen molar-refractivity contribution in [3.63, 3.8) is 0 Å². The maximum atomic E-state index is 13.0. The first-order valence-corrected chi connectivity index (χ1v) is 12.2. The van der Waals surface area contributed by atoms with Crippen molar-refractivity contribution >= 4 is 34.7 Å². The lowest BCUT2D eigenvalue weighted by Gasteiger charge is -2.12. The van der Waals surface area contributed by atoms with Gasteiger partial charge in [-0.1, -0.05) is 12.1 Å². The number of amides is 3. The summed E-state index contributed by atoms with van der Waals surface area (Å²) in [6.45, 7) is 0.722. The summed E-state index contributed by atoms with van der Waals surface area (Å²) in [5.41, 5.74) is 4.11. The van der Waals surface area contributed by atoms with Crippen LogP contribution in [0.25, 0.3) is 21.8 Å². The number of aromatic nitrogens is 2. The standard InChI is InChI=1S/C27H22N4O4S/c1-35-13-3-12-31-26(33)21-7-6-19(15-22(21)27(31)34)24(32)29-20-5-2-4-18(14-20)23-16-36-25(30-23)17-8-10-28-11-9-17/h2,4-11,14-16H,3,12-13H2,1H3,(H,29,32). The molecule has 0 spiro atoms. The molecule has 3 amide bonds. The van der Waals surface area contributed by atoms with Crippen molar-refractivity contribution in [3.05, 3.63) is 89.1 Å². The Kier molecular flexibility index (Phi) is 6.66. The van der Waals surface area contributed by atoms with Crippen molar-refractivity contribution in [1.82, 2.24) is 14.9 Å². The fourth-order valence-electron chi connectivity index (χ4n) is 3.99. The molecule has 180 valence electrons. The molecule has 9 heteroatoms. The minimum atomic E-state index is -0.392. The molecule has 2 aromatic heterocycles. The first-order valence-electron chi connectivity index (χ1n) is 11.3. The lowest BCUT2D eigenvalue weighted by atomic mass is 10.1. The highest BCUT2D eigenvalue weighted by Gasteiger charge is 2.35. The van der Waals surface area contributed by atoms with Gasteiger partial charge in [-0.15, -0.1) is 11.3 Å². The fraction of sp³-hybridized carbons (Fsp3) is 0.148. The monoisotopic (exact) mass is 498 g/mol. The van der Waals surface area contributed by atoms with E-state index in [1.165, 1.54) is 28.4 Å². The third-order valence-electron chi connectivity index (χ3n) is 5.81. The number of nitrogens with zero attached hydrogens (tertiary/aromatic N) is 3. The van der Waals surface area contributed by atoms with E-state index in [-0.39, 0.29) is 23.9 Å². The molecule has 1 aliphatic heterocycles. The van der Waals surface area contributed by atoms with Crippen LogP contribution in [-0.2, 0) is 4.74 Å². The summed E-state index contributed by atoms with van der Waals surface area (Å²) < 4.78 is 5.01. The number of hydrogen-bond acceptors (Lipinski definition) is 7. The highest BCUT2D eigenvalue weighted by Crippen LogP contribution is 2.30. The number of pyridine rings is 1. The Labute approximate surface area is 211 Å². The number of carbonyl (C=O) groups is 3. The predicted octanol–water partition coefficient (Wildman–Crippen LogP) is 4.76. The molecule has 0 aliphatic carbocycles. The van der Waals surface area contributed by atoms with Gasteiger partial charge in [-0.2, -0.15) is 0 Å². The summed E-state index contributed by atoms with van der Waals surface area (Å²) in [7, 11) is 1.57. The Morgan fingerprint density at radius 3 is 2.61 bits per heavy atom.